The van der Waals surface area contributed by atoms with E-state index >= 15 is 0 Å². The lowest BCUT2D eigenvalue weighted by atomic mass is 9.96. The van der Waals surface area contributed by atoms with Gasteiger partial charge in [0.1, 0.15) is 12.0 Å². The Balaban J connectivity index is 1.93. The number of halogens is 1. The van der Waals surface area contributed by atoms with Crippen LogP contribution in [0.25, 0.3) is 28.2 Å². The fourth-order valence-electron chi connectivity index (χ4n) is 3.22. The maximum absolute atomic E-state index is 14.3. The van der Waals surface area contributed by atoms with Gasteiger partial charge in [0.15, 0.2) is 0 Å². The molecule has 0 radical (unpaired) electrons. The summed E-state index contributed by atoms with van der Waals surface area (Å²) in [5, 5.41) is 0.691. The second-order valence-corrected chi connectivity index (χ2v) is 6.24. The molecule has 2 heterocycles. The van der Waals surface area contributed by atoms with E-state index in [-0.39, 0.29) is 5.56 Å². The average molecular weight is 358 g/mol. The van der Waals surface area contributed by atoms with E-state index in [1.54, 1.807) is 30.6 Å². The van der Waals surface area contributed by atoms with Gasteiger partial charge in [-0.1, -0.05) is 30.9 Å². The van der Waals surface area contributed by atoms with Crippen LogP contribution < -0.4 is 10.7 Å². The number of H-pyrrole nitrogens is 2. The third-order valence-corrected chi connectivity index (χ3v) is 4.54. The normalized spacial score (nSPS) is 10.9. The number of rotatable bonds is 4. The topological polar surface area (TPSA) is 73.0 Å². The van der Waals surface area contributed by atoms with Gasteiger partial charge in [0.2, 0.25) is 5.78 Å². The van der Waals surface area contributed by atoms with Gasteiger partial charge < -0.3 is 5.73 Å². The Morgan fingerprint density at radius 3 is 2.78 bits per heavy atom. The lowest BCUT2D eigenvalue weighted by molar-refractivity contribution is -0.347. The van der Waals surface area contributed by atoms with Crippen molar-refractivity contribution < 1.29 is 14.2 Å². The zero-order valence-electron chi connectivity index (χ0n) is 14.4. The Morgan fingerprint density at radius 2 is 2.00 bits per heavy atom. The molecule has 2 aromatic heterocycles. The zero-order chi connectivity index (χ0) is 19.0. The minimum atomic E-state index is -0.564. The third-order valence-electron chi connectivity index (χ3n) is 4.54. The SMILES string of the molecule is C=Cc1ccc(F)c(C(=O)c2c[nH]c3[nH+]ccc(-c4cccc(N)c4)c23)c1. The fraction of sp³-hybridized carbons (Fsp3) is 0. The van der Waals surface area contributed by atoms with Crippen molar-refractivity contribution in [3.8, 4) is 11.1 Å². The number of ketones is 1. The van der Waals surface area contributed by atoms with E-state index in [1.807, 2.05) is 24.3 Å². The summed E-state index contributed by atoms with van der Waals surface area (Å²) in [5.41, 5.74) is 10.0. The van der Waals surface area contributed by atoms with Crippen molar-refractivity contribution in [2.45, 2.75) is 0 Å². The number of aromatic nitrogens is 2. The maximum Gasteiger partial charge on any atom is 0.285 e. The number of anilines is 1. The number of nitrogens with one attached hydrogen (secondary N) is 2. The number of benzene rings is 2. The first-order valence-electron chi connectivity index (χ1n) is 8.43. The van der Waals surface area contributed by atoms with Crippen molar-refractivity contribution in [1.82, 2.24) is 4.98 Å². The Labute approximate surface area is 155 Å². The van der Waals surface area contributed by atoms with Crippen molar-refractivity contribution in [3.05, 3.63) is 90.0 Å². The molecule has 4 aromatic rings. The van der Waals surface area contributed by atoms with Crippen LogP contribution in [0.1, 0.15) is 21.5 Å². The van der Waals surface area contributed by atoms with Crippen molar-refractivity contribution in [1.29, 1.82) is 0 Å². The monoisotopic (exact) mass is 358 g/mol. The highest BCUT2D eigenvalue weighted by molar-refractivity contribution is 6.18. The third kappa shape index (κ3) is 2.89. The standard InChI is InChI=1S/C22H16FN3O/c1-2-13-6-7-19(23)17(10-13)21(27)18-12-26-22-20(18)16(8-9-25-22)14-4-3-5-15(24)11-14/h2-12H,1,24H2,(H,25,26)/p+1. The van der Waals surface area contributed by atoms with E-state index in [1.165, 1.54) is 12.1 Å². The van der Waals surface area contributed by atoms with Gasteiger partial charge in [0.05, 0.1) is 22.7 Å². The first kappa shape index (κ1) is 16.7. The summed E-state index contributed by atoms with van der Waals surface area (Å²) >= 11 is 0. The smallest absolute Gasteiger partial charge is 0.285 e. The maximum atomic E-state index is 14.3. The number of carbonyl (C=O) groups excluding carboxylic acids is 1. The molecule has 0 saturated heterocycles. The second kappa shape index (κ2) is 6.53. The number of hydrogen-bond acceptors (Lipinski definition) is 2. The molecule has 0 aliphatic carbocycles. The van der Waals surface area contributed by atoms with Crippen LogP contribution in [0.2, 0.25) is 0 Å². The van der Waals surface area contributed by atoms with Crippen LogP contribution in [-0.2, 0) is 0 Å². The number of carbonyl (C=O) groups is 1. The zero-order valence-corrected chi connectivity index (χ0v) is 14.4. The van der Waals surface area contributed by atoms with Gasteiger partial charge >= 0.3 is 0 Å². The average Bonchev–Trinajstić information content (AvgIpc) is 3.12. The minimum absolute atomic E-state index is 0.00989. The van der Waals surface area contributed by atoms with Gasteiger partial charge in [-0.15, -0.1) is 0 Å². The van der Waals surface area contributed by atoms with E-state index in [0.29, 0.717) is 27.8 Å². The summed E-state index contributed by atoms with van der Waals surface area (Å²) < 4.78 is 14.3. The van der Waals surface area contributed by atoms with Gasteiger partial charge in [0, 0.05) is 11.3 Å². The highest BCUT2D eigenvalue weighted by atomic mass is 19.1. The Bertz CT molecular complexity index is 1190. The quantitative estimate of drug-likeness (QED) is 0.423. The van der Waals surface area contributed by atoms with Crippen LogP contribution in [0.5, 0.6) is 0 Å². The number of pyridine rings is 1. The highest BCUT2D eigenvalue weighted by Gasteiger charge is 2.23. The minimum Gasteiger partial charge on any atom is -0.399 e. The van der Waals surface area contributed by atoms with E-state index in [4.69, 9.17) is 5.73 Å². The summed E-state index contributed by atoms with van der Waals surface area (Å²) in [5.74, 6) is -0.961. The summed E-state index contributed by atoms with van der Waals surface area (Å²) in [7, 11) is 0. The summed E-state index contributed by atoms with van der Waals surface area (Å²) in [6.07, 6.45) is 4.96. The second-order valence-electron chi connectivity index (χ2n) is 6.24. The molecule has 4 rings (SSSR count). The predicted octanol–water partition coefficient (Wildman–Crippen LogP) is 4.24. The molecule has 0 fully saturated rings. The van der Waals surface area contributed by atoms with Crippen LogP contribution in [-0.4, -0.2) is 10.8 Å². The molecule has 0 saturated carbocycles. The Morgan fingerprint density at radius 1 is 1.15 bits per heavy atom. The van der Waals surface area contributed by atoms with Crippen LogP contribution >= 0.6 is 0 Å². The van der Waals surface area contributed by atoms with Crippen molar-refractivity contribution in [3.63, 3.8) is 0 Å². The fourth-order valence-corrected chi connectivity index (χ4v) is 3.22. The molecule has 0 atom stereocenters. The number of aromatic amines is 2. The van der Waals surface area contributed by atoms with Gasteiger partial charge in [-0.05, 0) is 41.5 Å². The summed E-state index contributed by atoms with van der Waals surface area (Å²) in [6, 6.07) is 13.7. The Kier molecular flexibility index (Phi) is 4.05. The van der Waals surface area contributed by atoms with Gasteiger partial charge in [-0.2, -0.15) is 0 Å². The summed E-state index contributed by atoms with van der Waals surface area (Å²) in [4.78, 5) is 19.3. The molecule has 0 aliphatic heterocycles. The van der Waals surface area contributed by atoms with Crippen LogP contribution in [0.4, 0.5) is 10.1 Å². The predicted molar refractivity (Wildman–Crippen MR) is 105 cm³/mol. The van der Waals surface area contributed by atoms with E-state index in [0.717, 1.165) is 11.1 Å². The molecule has 0 spiro atoms. The first-order valence-corrected chi connectivity index (χ1v) is 8.43. The van der Waals surface area contributed by atoms with Crippen molar-refractivity contribution >= 4 is 28.6 Å². The molecular formula is C22H17FN3O+. The van der Waals surface area contributed by atoms with Gasteiger partial charge in [0.25, 0.3) is 5.65 Å². The van der Waals surface area contributed by atoms with Crippen molar-refractivity contribution in [2.75, 3.05) is 5.73 Å². The van der Waals surface area contributed by atoms with Crippen LogP contribution in [0.15, 0.2) is 67.5 Å². The van der Waals surface area contributed by atoms with Crippen molar-refractivity contribution in [2.24, 2.45) is 0 Å². The number of nitrogen functional groups attached to an aromatic ring is 1. The number of fused-ring (bicyclic) bond motifs is 1. The van der Waals surface area contributed by atoms with E-state index in [9.17, 15) is 9.18 Å². The van der Waals surface area contributed by atoms with E-state index in [2.05, 4.69) is 16.5 Å². The van der Waals surface area contributed by atoms with Gasteiger partial charge in [-0.3, -0.25) is 4.79 Å². The molecule has 5 heteroatoms. The molecule has 0 aliphatic rings. The molecule has 0 bridgehead atoms. The molecule has 0 amide bonds. The molecule has 132 valence electrons. The molecular weight excluding hydrogens is 341 g/mol. The first-order chi connectivity index (χ1) is 13.1. The summed E-state index contributed by atoms with van der Waals surface area (Å²) in [6.45, 7) is 3.68. The highest BCUT2D eigenvalue weighted by Crippen LogP contribution is 2.31. The number of hydrogen-bond donors (Lipinski definition) is 2. The molecule has 27 heavy (non-hydrogen) atoms. The molecule has 0 unspecified atom stereocenters. The largest absolute Gasteiger partial charge is 0.399 e. The van der Waals surface area contributed by atoms with E-state index < -0.39 is 11.6 Å². The molecule has 4 nitrogen and oxygen atoms in total. The lowest BCUT2D eigenvalue weighted by Crippen LogP contribution is -2.07. The van der Waals surface area contributed by atoms with Gasteiger partial charge in [-0.25, -0.2) is 14.4 Å². The molecule has 4 N–H and O–H groups in total. The Hall–Kier alpha value is -3.73. The molecule has 2 aromatic carbocycles. The number of nitrogens with two attached hydrogens (primary N) is 1. The lowest BCUT2D eigenvalue weighted by Gasteiger charge is -2.06. The van der Waals surface area contributed by atoms with Crippen LogP contribution in [0, 0.1) is 5.82 Å². The van der Waals surface area contributed by atoms with Crippen LogP contribution in [0.3, 0.4) is 0 Å².